The fourth-order valence-electron chi connectivity index (χ4n) is 2.04. The van der Waals surface area contributed by atoms with Crippen LogP contribution in [0.15, 0.2) is 30.5 Å². The van der Waals surface area contributed by atoms with Crippen LogP contribution < -0.4 is 5.32 Å². The monoisotopic (exact) mass is 250 g/mol. The van der Waals surface area contributed by atoms with E-state index >= 15 is 0 Å². The lowest BCUT2D eigenvalue weighted by molar-refractivity contribution is 0.199. The lowest BCUT2D eigenvalue weighted by atomic mass is 10.2. The molecule has 0 aliphatic heterocycles. The quantitative estimate of drug-likeness (QED) is 0.764. The van der Waals surface area contributed by atoms with Crippen LogP contribution in [-0.4, -0.2) is 31.4 Å². The minimum atomic E-state index is -0.179. The van der Waals surface area contributed by atoms with Crippen molar-refractivity contribution in [2.24, 2.45) is 0 Å². The Morgan fingerprint density at radius 2 is 2.17 bits per heavy atom. The van der Waals surface area contributed by atoms with Gasteiger partial charge in [0.1, 0.15) is 5.82 Å². The van der Waals surface area contributed by atoms with Gasteiger partial charge in [0.15, 0.2) is 0 Å². The highest BCUT2D eigenvalue weighted by Crippen LogP contribution is 2.17. The first kappa shape index (κ1) is 13.1. The van der Waals surface area contributed by atoms with E-state index in [4.69, 9.17) is 4.74 Å². The summed E-state index contributed by atoms with van der Waals surface area (Å²) in [6, 6.07) is 6.87. The van der Waals surface area contributed by atoms with Crippen LogP contribution >= 0.6 is 0 Å². The third-order valence-electron chi connectivity index (χ3n) is 2.97. The van der Waals surface area contributed by atoms with Crippen LogP contribution in [0.2, 0.25) is 0 Å². The third kappa shape index (κ3) is 3.31. The molecular weight excluding hydrogens is 231 g/mol. The van der Waals surface area contributed by atoms with Gasteiger partial charge in [0, 0.05) is 37.3 Å². The van der Waals surface area contributed by atoms with Gasteiger partial charge in [0.05, 0.1) is 6.61 Å². The maximum Gasteiger partial charge on any atom is 0.123 e. The van der Waals surface area contributed by atoms with Crippen molar-refractivity contribution in [2.45, 2.75) is 13.0 Å². The van der Waals surface area contributed by atoms with Crippen LogP contribution in [-0.2, 0) is 11.3 Å². The molecule has 0 atom stereocenters. The van der Waals surface area contributed by atoms with Crippen molar-refractivity contribution in [3.05, 3.63) is 36.3 Å². The maximum absolute atomic E-state index is 13.0. The second-order valence-electron chi connectivity index (χ2n) is 4.31. The molecule has 1 aromatic heterocycles. The van der Waals surface area contributed by atoms with E-state index in [1.54, 1.807) is 13.2 Å². The summed E-state index contributed by atoms with van der Waals surface area (Å²) in [5.74, 6) is -0.179. The SMILES string of the molecule is COCCNCCCn1ccc2cc(F)ccc21. The molecule has 2 rings (SSSR count). The molecule has 0 unspecified atom stereocenters. The Bertz CT molecular complexity index is 495. The molecule has 3 nitrogen and oxygen atoms in total. The van der Waals surface area contributed by atoms with Crippen LogP contribution in [0.4, 0.5) is 4.39 Å². The van der Waals surface area contributed by atoms with Crippen molar-refractivity contribution in [1.29, 1.82) is 0 Å². The van der Waals surface area contributed by atoms with Crippen molar-refractivity contribution in [2.75, 3.05) is 26.8 Å². The number of rotatable bonds is 7. The van der Waals surface area contributed by atoms with E-state index < -0.39 is 0 Å². The molecule has 1 N–H and O–H groups in total. The minimum absolute atomic E-state index is 0.179. The number of halogens is 1. The predicted molar refractivity (Wildman–Crippen MR) is 71.3 cm³/mol. The van der Waals surface area contributed by atoms with Crippen molar-refractivity contribution in [3.8, 4) is 0 Å². The van der Waals surface area contributed by atoms with Gasteiger partial charge in [-0.3, -0.25) is 0 Å². The smallest absolute Gasteiger partial charge is 0.123 e. The Kier molecular flexibility index (Phi) is 4.73. The van der Waals surface area contributed by atoms with Gasteiger partial charge in [-0.25, -0.2) is 4.39 Å². The number of methoxy groups -OCH3 is 1. The molecule has 0 aliphatic rings. The molecule has 0 bridgehead atoms. The Hall–Kier alpha value is -1.39. The topological polar surface area (TPSA) is 26.2 Å². The fourth-order valence-corrected chi connectivity index (χ4v) is 2.04. The number of nitrogens with one attached hydrogen (secondary N) is 1. The molecule has 1 heterocycles. The number of fused-ring (bicyclic) bond motifs is 1. The molecular formula is C14H19FN2O. The summed E-state index contributed by atoms with van der Waals surface area (Å²) in [7, 11) is 1.70. The molecule has 0 spiro atoms. The van der Waals surface area contributed by atoms with Gasteiger partial charge in [-0.05, 0) is 37.2 Å². The second kappa shape index (κ2) is 6.52. The standard InChI is InChI=1S/C14H19FN2O/c1-18-10-7-16-6-2-8-17-9-5-12-11-13(15)3-4-14(12)17/h3-5,9,11,16H,2,6-8,10H2,1H3. The average molecular weight is 250 g/mol. The Balaban J connectivity index is 1.84. The highest BCUT2D eigenvalue weighted by atomic mass is 19.1. The lowest BCUT2D eigenvalue weighted by Crippen LogP contribution is -2.21. The van der Waals surface area contributed by atoms with E-state index in [0.717, 1.165) is 43.6 Å². The number of nitrogens with zero attached hydrogens (tertiary/aromatic N) is 1. The molecule has 0 saturated carbocycles. The average Bonchev–Trinajstić information content (AvgIpc) is 2.76. The van der Waals surface area contributed by atoms with Gasteiger partial charge in [-0.1, -0.05) is 0 Å². The first-order valence-electron chi connectivity index (χ1n) is 6.25. The molecule has 0 amide bonds. The Morgan fingerprint density at radius 1 is 1.28 bits per heavy atom. The number of benzene rings is 1. The van der Waals surface area contributed by atoms with Crippen molar-refractivity contribution >= 4 is 10.9 Å². The Labute approximate surface area is 107 Å². The fraction of sp³-hybridized carbons (Fsp3) is 0.429. The molecule has 98 valence electrons. The van der Waals surface area contributed by atoms with Crippen molar-refractivity contribution < 1.29 is 9.13 Å². The van der Waals surface area contributed by atoms with Crippen LogP contribution in [0.25, 0.3) is 10.9 Å². The summed E-state index contributed by atoms with van der Waals surface area (Å²) in [5.41, 5.74) is 1.09. The Morgan fingerprint density at radius 3 is 3.00 bits per heavy atom. The maximum atomic E-state index is 13.0. The zero-order valence-electron chi connectivity index (χ0n) is 10.7. The predicted octanol–water partition coefficient (Wildman–Crippen LogP) is 2.41. The van der Waals surface area contributed by atoms with E-state index in [9.17, 15) is 4.39 Å². The molecule has 0 aliphatic carbocycles. The molecule has 0 radical (unpaired) electrons. The van der Waals surface area contributed by atoms with Gasteiger partial charge in [0.2, 0.25) is 0 Å². The first-order chi connectivity index (χ1) is 8.81. The largest absolute Gasteiger partial charge is 0.383 e. The number of hydrogen-bond acceptors (Lipinski definition) is 2. The summed E-state index contributed by atoms with van der Waals surface area (Å²) < 4.78 is 20.2. The highest BCUT2D eigenvalue weighted by Gasteiger charge is 2.01. The van der Waals surface area contributed by atoms with E-state index in [-0.39, 0.29) is 5.82 Å². The summed E-state index contributed by atoms with van der Waals surface area (Å²) >= 11 is 0. The minimum Gasteiger partial charge on any atom is -0.383 e. The lowest BCUT2D eigenvalue weighted by Gasteiger charge is -2.06. The zero-order chi connectivity index (χ0) is 12.8. The van der Waals surface area contributed by atoms with Gasteiger partial charge < -0.3 is 14.6 Å². The van der Waals surface area contributed by atoms with E-state index in [1.165, 1.54) is 6.07 Å². The number of aromatic nitrogens is 1. The second-order valence-corrected chi connectivity index (χ2v) is 4.31. The molecule has 0 fully saturated rings. The molecule has 0 saturated heterocycles. The van der Waals surface area contributed by atoms with Gasteiger partial charge in [0.25, 0.3) is 0 Å². The summed E-state index contributed by atoms with van der Waals surface area (Å²) in [4.78, 5) is 0. The summed E-state index contributed by atoms with van der Waals surface area (Å²) in [6.07, 6.45) is 3.06. The van der Waals surface area contributed by atoms with Crippen LogP contribution in [0.3, 0.4) is 0 Å². The summed E-state index contributed by atoms with van der Waals surface area (Å²) in [6.45, 7) is 3.53. The van der Waals surface area contributed by atoms with Gasteiger partial charge >= 0.3 is 0 Å². The highest BCUT2D eigenvalue weighted by molar-refractivity contribution is 5.80. The van der Waals surface area contributed by atoms with Gasteiger partial charge in [-0.15, -0.1) is 0 Å². The van der Waals surface area contributed by atoms with Crippen molar-refractivity contribution in [1.82, 2.24) is 9.88 Å². The van der Waals surface area contributed by atoms with E-state index in [0.29, 0.717) is 0 Å². The molecule has 2 aromatic rings. The van der Waals surface area contributed by atoms with E-state index in [1.807, 2.05) is 18.3 Å². The third-order valence-corrected chi connectivity index (χ3v) is 2.97. The zero-order valence-corrected chi connectivity index (χ0v) is 10.7. The summed E-state index contributed by atoms with van der Waals surface area (Å²) in [5, 5.41) is 4.27. The number of aryl methyl sites for hydroxylation is 1. The van der Waals surface area contributed by atoms with Crippen LogP contribution in [0, 0.1) is 5.82 Å². The van der Waals surface area contributed by atoms with Gasteiger partial charge in [-0.2, -0.15) is 0 Å². The number of ether oxygens (including phenoxy) is 1. The van der Waals surface area contributed by atoms with Crippen molar-refractivity contribution in [3.63, 3.8) is 0 Å². The number of hydrogen-bond donors (Lipinski definition) is 1. The molecule has 18 heavy (non-hydrogen) atoms. The van der Waals surface area contributed by atoms with Crippen LogP contribution in [0.5, 0.6) is 0 Å². The van der Waals surface area contributed by atoms with Crippen LogP contribution in [0.1, 0.15) is 6.42 Å². The molecule has 1 aromatic carbocycles. The molecule has 4 heteroatoms. The first-order valence-corrected chi connectivity index (χ1v) is 6.25. The normalized spacial score (nSPS) is 11.2. The van der Waals surface area contributed by atoms with E-state index in [2.05, 4.69) is 9.88 Å².